The van der Waals surface area contributed by atoms with Crippen LogP contribution in [0.15, 0.2) is 25.3 Å². The summed E-state index contributed by atoms with van der Waals surface area (Å²) in [5, 5.41) is 3.49. The van der Waals surface area contributed by atoms with E-state index in [1.807, 2.05) is 12.2 Å². The van der Waals surface area contributed by atoms with Crippen LogP contribution in [0.25, 0.3) is 0 Å². The van der Waals surface area contributed by atoms with Crippen LogP contribution in [0.1, 0.15) is 12.8 Å². The average molecular weight is 253 g/mol. The summed E-state index contributed by atoms with van der Waals surface area (Å²) in [5.74, 6) is 0. The Kier molecular flexibility index (Phi) is 12.2. The Morgan fingerprint density at radius 1 is 1.20 bits per heavy atom. The second-order valence-corrected chi connectivity index (χ2v) is 3.59. The molecule has 0 aromatic rings. The monoisotopic (exact) mass is 252 g/mol. The lowest BCUT2D eigenvalue weighted by Gasteiger charge is -2.22. The van der Waals surface area contributed by atoms with Crippen LogP contribution in [-0.2, 0) is 0 Å². The van der Waals surface area contributed by atoms with Crippen LogP contribution in [0, 0.1) is 0 Å². The highest BCUT2D eigenvalue weighted by molar-refractivity contribution is 5.85. The van der Waals surface area contributed by atoms with E-state index in [0.29, 0.717) is 6.04 Å². The molecular weight excluding hydrogens is 231 g/mol. The van der Waals surface area contributed by atoms with Crippen molar-refractivity contribution in [3.63, 3.8) is 0 Å². The predicted octanol–water partition coefficient (Wildman–Crippen LogP) is 2.26. The van der Waals surface area contributed by atoms with E-state index >= 15 is 0 Å². The quantitative estimate of drug-likeness (QED) is 0.730. The fourth-order valence-corrected chi connectivity index (χ4v) is 1.81. The van der Waals surface area contributed by atoms with Crippen LogP contribution >= 0.6 is 24.8 Å². The van der Waals surface area contributed by atoms with E-state index in [-0.39, 0.29) is 24.8 Å². The minimum absolute atomic E-state index is 0. The van der Waals surface area contributed by atoms with Crippen LogP contribution in [-0.4, -0.2) is 37.1 Å². The van der Waals surface area contributed by atoms with Gasteiger partial charge in [-0.25, -0.2) is 0 Å². The lowest BCUT2D eigenvalue weighted by Crippen LogP contribution is -2.37. The molecule has 15 heavy (non-hydrogen) atoms. The van der Waals surface area contributed by atoms with Crippen LogP contribution in [0.4, 0.5) is 0 Å². The zero-order valence-corrected chi connectivity index (χ0v) is 10.8. The number of nitrogens with one attached hydrogen (secondary N) is 1. The molecule has 0 aromatic heterocycles. The van der Waals surface area contributed by atoms with Gasteiger partial charge >= 0.3 is 0 Å². The fourth-order valence-electron chi connectivity index (χ4n) is 1.81. The van der Waals surface area contributed by atoms with Crippen molar-refractivity contribution >= 4 is 24.8 Å². The van der Waals surface area contributed by atoms with Crippen molar-refractivity contribution in [2.75, 3.05) is 26.2 Å². The molecule has 0 bridgehead atoms. The van der Waals surface area contributed by atoms with Gasteiger partial charge in [-0.3, -0.25) is 4.90 Å². The summed E-state index contributed by atoms with van der Waals surface area (Å²) in [6, 6.07) is 0.680. The molecule has 1 aliphatic heterocycles. The van der Waals surface area contributed by atoms with Crippen molar-refractivity contribution in [2.24, 2.45) is 0 Å². The van der Waals surface area contributed by atoms with Gasteiger partial charge in [0.2, 0.25) is 0 Å². The number of hydrogen-bond acceptors (Lipinski definition) is 2. The Balaban J connectivity index is 0. The molecule has 1 rings (SSSR count). The Labute approximate surface area is 106 Å². The van der Waals surface area contributed by atoms with Gasteiger partial charge in [0.15, 0.2) is 0 Å². The van der Waals surface area contributed by atoms with Crippen molar-refractivity contribution in [3.05, 3.63) is 25.3 Å². The van der Waals surface area contributed by atoms with E-state index in [1.165, 1.54) is 19.4 Å². The third-order valence-corrected chi connectivity index (χ3v) is 2.42. The van der Waals surface area contributed by atoms with Crippen LogP contribution in [0.2, 0.25) is 0 Å². The van der Waals surface area contributed by atoms with E-state index < -0.39 is 0 Å². The Hall–Kier alpha value is -0.0200. The normalized spacial score (nSPS) is 19.1. The molecule has 0 saturated carbocycles. The van der Waals surface area contributed by atoms with Crippen molar-refractivity contribution in [1.82, 2.24) is 10.2 Å². The second kappa shape index (κ2) is 10.5. The van der Waals surface area contributed by atoms with Crippen molar-refractivity contribution < 1.29 is 0 Å². The molecule has 1 fully saturated rings. The molecule has 2 nitrogen and oxygen atoms in total. The first-order valence-corrected chi connectivity index (χ1v) is 5.04. The van der Waals surface area contributed by atoms with Gasteiger partial charge in [0, 0.05) is 25.7 Å². The molecule has 4 heteroatoms. The lowest BCUT2D eigenvalue weighted by molar-refractivity contribution is 0.300. The molecule has 0 spiro atoms. The molecule has 1 heterocycles. The Morgan fingerprint density at radius 3 is 2.20 bits per heavy atom. The first-order valence-electron chi connectivity index (χ1n) is 5.04. The standard InChI is InChI=1S/C11H20N2.2ClH/c1-3-8-13(9-4-2)10-11-6-5-7-12-11;;/h3-4,11-12H,1-2,5-10H2;2*1H. The molecule has 0 aliphatic carbocycles. The molecule has 1 saturated heterocycles. The van der Waals surface area contributed by atoms with Crippen LogP contribution in [0.3, 0.4) is 0 Å². The van der Waals surface area contributed by atoms with Gasteiger partial charge in [0.25, 0.3) is 0 Å². The second-order valence-electron chi connectivity index (χ2n) is 3.59. The van der Waals surface area contributed by atoms with Gasteiger partial charge in [-0.1, -0.05) is 12.2 Å². The third-order valence-electron chi connectivity index (χ3n) is 2.42. The first kappa shape index (κ1) is 17.4. The van der Waals surface area contributed by atoms with E-state index in [1.54, 1.807) is 0 Å². The van der Waals surface area contributed by atoms with E-state index in [9.17, 15) is 0 Å². The van der Waals surface area contributed by atoms with Gasteiger partial charge in [-0.15, -0.1) is 38.0 Å². The molecule has 0 radical (unpaired) electrons. The summed E-state index contributed by atoms with van der Waals surface area (Å²) in [4.78, 5) is 2.36. The maximum Gasteiger partial charge on any atom is 0.0195 e. The highest BCUT2D eigenvalue weighted by Crippen LogP contribution is 2.06. The molecule has 0 aromatic carbocycles. The summed E-state index contributed by atoms with van der Waals surface area (Å²) in [7, 11) is 0. The van der Waals surface area contributed by atoms with E-state index in [4.69, 9.17) is 0 Å². The topological polar surface area (TPSA) is 15.3 Å². The van der Waals surface area contributed by atoms with Gasteiger partial charge in [-0.05, 0) is 19.4 Å². The van der Waals surface area contributed by atoms with Crippen molar-refractivity contribution in [3.8, 4) is 0 Å². The molecule has 1 atom stereocenters. The summed E-state index contributed by atoms with van der Waals surface area (Å²) in [6.07, 6.45) is 6.54. The largest absolute Gasteiger partial charge is 0.313 e. The van der Waals surface area contributed by atoms with E-state index in [2.05, 4.69) is 23.4 Å². The molecule has 1 aliphatic rings. The fraction of sp³-hybridized carbons (Fsp3) is 0.636. The SMILES string of the molecule is C=CCN(CC=C)CC1CCCN1.Cl.Cl. The average Bonchev–Trinajstić information content (AvgIpc) is 2.58. The molecule has 90 valence electrons. The van der Waals surface area contributed by atoms with E-state index in [0.717, 1.165) is 19.6 Å². The van der Waals surface area contributed by atoms with Crippen molar-refractivity contribution in [1.29, 1.82) is 0 Å². The van der Waals surface area contributed by atoms with Gasteiger partial charge < -0.3 is 5.32 Å². The zero-order valence-electron chi connectivity index (χ0n) is 9.15. The van der Waals surface area contributed by atoms with Crippen LogP contribution < -0.4 is 5.32 Å². The maximum absolute atomic E-state index is 3.76. The van der Waals surface area contributed by atoms with Gasteiger partial charge in [0.05, 0.1) is 0 Å². The summed E-state index contributed by atoms with van der Waals surface area (Å²) in [5.41, 5.74) is 0. The number of nitrogens with zero attached hydrogens (tertiary/aromatic N) is 1. The number of rotatable bonds is 6. The number of hydrogen-bond donors (Lipinski definition) is 1. The Morgan fingerprint density at radius 2 is 1.80 bits per heavy atom. The maximum atomic E-state index is 3.76. The first-order chi connectivity index (χ1) is 6.36. The van der Waals surface area contributed by atoms with Crippen LogP contribution in [0.5, 0.6) is 0 Å². The van der Waals surface area contributed by atoms with Gasteiger partial charge in [0.1, 0.15) is 0 Å². The minimum atomic E-state index is 0. The molecule has 1 N–H and O–H groups in total. The molecular formula is C11H22Cl2N2. The zero-order chi connectivity index (χ0) is 9.52. The predicted molar refractivity (Wildman–Crippen MR) is 72.4 cm³/mol. The van der Waals surface area contributed by atoms with Gasteiger partial charge in [-0.2, -0.15) is 0 Å². The van der Waals surface area contributed by atoms with Crippen molar-refractivity contribution in [2.45, 2.75) is 18.9 Å². The highest BCUT2D eigenvalue weighted by Gasteiger charge is 2.16. The minimum Gasteiger partial charge on any atom is -0.313 e. The summed E-state index contributed by atoms with van der Waals surface area (Å²) in [6.45, 7) is 11.8. The highest BCUT2D eigenvalue weighted by atomic mass is 35.5. The summed E-state index contributed by atoms with van der Waals surface area (Å²) < 4.78 is 0. The molecule has 0 amide bonds. The lowest BCUT2D eigenvalue weighted by atomic mass is 10.2. The number of halogens is 2. The smallest absolute Gasteiger partial charge is 0.0195 e. The Bertz CT molecular complexity index is 158. The third kappa shape index (κ3) is 6.96. The summed E-state index contributed by atoms with van der Waals surface area (Å²) >= 11 is 0. The molecule has 1 unspecified atom stereocenters.